The van der Waals surface area contributed by atoms with Crippen molar-refractivity contribution in [3.05, 3.63) is 0 Å². The van der Waals surface area contributed by atoms with Crippen LogP contribution in [-0.2, 0) is 4.79 Å². The monoisotopic (exact) mass is 255 g/mol. The van der Waals surface area contributed by atoms with Crippen LogP contribution in [0.3, 0.4) is 0 Å². The minimum Gasteiger partial charge on any atom is -0.409 e. The molecule has 0 aromatic heterocycles. The second-order valence-corrected chi connectivity index (χ2v) is 5.57. The molecule has 1 amide bonds. The van der Waals surface area contributed by atoms with Gasteiger partial charge in [0.1, 0.15) is 0 Å². The van der Waals surface area contributed by atoms with Gasteiger partial charge in [-0.25, -0.2) is 0 Å². The molecule has 1 saturated carbocycles. The third-order valence-corrected chi connectivity index (χ3v) is 3.47. The van der Waals surface area contributed by atoms with Gasteiger partial charge in [0.2, 0.25) is 5.91 Å². The van der Waals surface area contributed by atoms with Gasteiger partial charge >= 0.3 is 0 Å². The van der Waals surface area contributed by atoms with Gasteiger partial charge in [0.05, 0.1) is 6.04 Å². The smallest absolute Gasteiger partial charge is 0.220 e. The van der Waals surface area contributed by atoms with Crippen LogP contribution < -0.4 is 11.1 Å². The Morgan fingerprint density at radius 3 is 2.50 bits per heavy atom. The molecule has 5 heteroatoms. The topological polar surface area (TPSA) is 87.7 Å². The normalized spacial score (nSPS) is 19.8. The molecule has 4 N–H and O–H groups in total. The molecule has 0 aromatic carbocycles. The lowest BCUT2D eigenvalue weighted by molar-refractivity contribution is -0.122. The standard InChI is InChI=1S/C13H25N3O2/c1-9(2)8-11(17)15-12(13(14)16-18)10-6-4-3-5-7-10/h9-10,12,18H,3-8H2,1-2H3,(H2,14,16)(H,15,17). The molecule has 1 aliphatic carbocycles. The van der Waals surface area contributed by atoms with E-state index in [-0.39, 0.29) is 17.8 Å². The van der Waals surface area contributed by atoms with Crippen molar-refractivity contribution >= 4 is 11.7 Å². The molecule has 0 bridgehead atoms. The summed E-state index contributed by atoms with van der Waals surface area (Å²) in [5.41, 5.74) is 5.71. The van der Waals surface area contributed by atoms with Crippen molar-refractivity contribution in [2.45, 2.75) is 58.4 Å². The van der Waals surface area contributed by atoms with Crippen LogP contribution in [0.1, 0.15) is 52.4 Å². The van der Waals surface area contributed by atoms with Crippen LogP contribution in [0.25, 0.3) is 0 Å². The highest BCUT2D eigenvalue weighted by molar-refractivity contribution is 5.90. The average molecular weight is 255 g/mol. The maximum atomic E-state index is 11.8. The molecule has 1 aliphatic rings. The molecule has 1 unspecified atom stereocenters. The summed E-state index contributed by atoms with van der Waals surface area (Å²) >= 11 is 0. The third-order valence-electron chi connectivity index (χ3n) is 3.47. The first-order valence-corrected chi connectivity index (χ1v) is 6.81. The number of nitrogens with two attached hydrogens (primary N) is 1. The molecule has 0 radical (unpaired) electrons. The van der Waals surface area contributed by atoms with Crippen molar-refractivity contribution in [2.24, 2.45) is 22.7 Å². The molecule has 104 valence electrons. The van der Waals surface area contributed by atoms with Crippen molar-refractivity contribution in [1.82, 2.24) is 5.32 Å². The van der Waals surface area contributed by atoms with Gasteiger partial charge in [0.25, 0.3) is 0 Å². The van der Waals surface area contributed by atoms with Crippen molar-refractivity contribution in [3.63, 3.8) is 0 Å². The van der Waals surface area contributed by atoms with Gasteiger partial charge in [-0.1, -0.05) is 38.3 Å². The van der Waals surface area contributed by atoms with Gasteiger partial charge in [0.15, 0.2) is 5.84 Å². The average Bonchev–Trinajstić information content (AvgIpc) is 2.35. The van der Waals surface area contributed by atoms with E-state index in [9.17, 15) is 4.79 Å². The number of hydrogen-bond donors (Lipinski definition) is 3. The number of amides is 1. The molecular weight excluding hydrogens is 230 g/mol. The van der Waals surface area contributed by atoms with E-state index >= 15 is 0 Å². The molecule has 0 saturated heterocycles. The first kappa shape index (κ1) is 14.8. The zero-order valence-corrected chi connectivity index (χ0v) is 11.4. The number of oxime groups is 1. The highest BCUT2D eigenvalue weighted by Gasteiger charge is 2.28. The molecule has 1 rings (SSSR count). The van der Waals surface area contributed by atoms with Gasteiger partial charge in [-0.05, 0) is 24.7 Å². The van der Waals surface area contributed by atoms with E-state index in [1.807, 2.05) is 13.8 Å². The first-order valence-electron chi connectivity index (χ1n) is 6.81. The van der Waals surface area contributed by atoms with Crippen LogP contribution >= 0.6 is 0 Å². The maximum absolute atomic E-state index is 11.8. The van der Waals surface area contributed by atoms with Crippen LogP contribution in [0.5, 0.6) is 0 Å². The second-order valence-electron chi connectivity index (χ2n) is 5.57. The number of carbonyl (C=O) groups excluding carboxylic acids is 1. The summed E-state index contributed by atoms with van der Waals surface area (Å²) in [6.45, 7) is 4.00. The van der Waals surface area contributed by atoms with E-state index in [4.69, 9.17) is 10.9 Å². The van der Waals surface area contributed by atoms with Crippen LogP contribution in [0, 0.1) is 11.8 Å². The number of carbonyl (C=O) groups is 1. The predicted octanol–water partition coefficient (Wildman–Crippen LogP) is 1.84. The Kier molecular flexibility index (Phi) is 5.95. The summed E-state index contributed by atoms with van der Waals surface area (Å²) < 4.78 is 0. The van der Waals surface area contributed by atoms with Crippen LogP contribution in [-0.4, -0.2) is 23.0 Å². The van der Waals surface area contributed by atoms with Gasteiger partial charge in [-0.3, -0.25) is 4.79 Å². The molecule has 0 spiro atoms. The fraction of sp³-hybridized carbons (Fsp3) is 0.846. The molecule has 0 aliphatic heterocycles. The van der Waals surface area contributed by atoms with Gasteiger partial charge in [0, 0.05) is 6.42 Å². The number of rotatable bonds is 5. The van der Waals surface area contributed by atoms with E-state index in [1.54, 1.807) is 0 Å². The highest BCUT2D eigenvalue weighted by atomic mass is 16.4. The predicted molar refractivity (Wildman–Crippen MR) is 71.4 cm³/mol. The summed E-state index contributed by atoms with van der Waals surface area (Å²) in [6, 6.07) is -0.318. The Morgan fingerprint density at radius 2 is 2.00 bits per heavy atom. The highest BCUT2D eigenvalue weighted by Crippen LogP contribution is 2.26. The number of nitrogens with zero attached hydrogens (tertiary/aromatic N) is 1. The van der Waals surface area contributed by atoms with Crippen molar-refractivity contribution < 1.29 is 10.0 Å². The lowest BCUT2D eigenvalue weighted by atomic mass is 9.83. The van der Waals surface area contributed by atoms with Crippen LogP contribution in [0.4, 0.5) is 0 Å². The fourth-order valence-corrected chi connectivity index (χ4v) is 2.57. The third kappa shape index (κ3) is 4.55. The zero-order valence-electron chi connectivity index (χ0n) is 11.4. The number of hydrogen-bond acceptors (Lipinski definition) is 3. The maximum Gasteiger partial charge on any atom is 0.220 e. The molecule has 5 nitrogen and oxygen atoms in total. The summed E-state index contributed by atoms with van der Waals surface area (Å²) in [7, 11) is 0. The zero-order chi connectivity index (χ0) is 13.5. The molecule has 1 atom stereocenters. The summed E-state index contributed by atoms with van der Waals surface area (Å²) in [5.74, 6) is 0.709. The van der Waals surface area contributed by atoms with Gasteiger partial charge in [-0.15, -0.1) is 0 Å². The summed E-state index contributed by atoms with van der Waals surface area (Å²) in [4.78, 5) is 11.8. The van der Waals surface area contributed by atoms with E-state index in [1.165, 1.54) is 6.42 Å². The quantitative estimate of drug-likeness (QED) is 0.303. The van der Waals surface area contributed by atoms with Gasteiger partial charge in [-0.2, -0.15) is 0 Å². The Morgan fingerprint density at radius 1 is 1.39 bits per heavy atom. The molecular formula is C13H25N3O2. The van der Waals surface area contributed by atoms with Crippen molar-refractivity contribution in [3.8, 4) is 0 Å². The Labute approximate surface area is 109 Å². The molecule has 0 aromatic rings. The Bertz CT molecular complexity index is 297. The summed E-state index contributed by atoms with van der Waals surface area (Å²) in [6.07, 6.45) is 6.08. The first-order chi connectivity index (χ1) is 8.54. The lowest BCUT2D eigenvalue weighted by Gasteiger charge is -2.30. The number of amidine groups is 1. The van der Waals surface area contributed by atoms with E-state index in [0.717, 1.165) is 25.7 Å². The largest absolute Gasteiger partial charge is 0.409 e. The van der Waals surface area contributed by atoms with Crippen LogP contribution in [0.15, 0.2) is 5.16 Å². The molecule has 1 fully saturated rings. The van der Waals surface area contributed by atoms with Gasteiger partial charge < -0.3 is 16.3 Å². The Hall–Kier alpha value is -1.26. The summed E-state index contributed by atoms with van der Waals surface area (Å²) in [5, 5.41) is 14.8. The van der Waals surface area contributed by atoms with E-state index in [2.05, 4.69) is 10.5 Å². The lowest BCUT2D eigenvalue weighted by Crippen LogP contribution is -2.50. The minimum absolute atomic E-state index is 0.0211. The van der Waals surface area contributed by atoms with E-state index < -0.39 is 0 Å². The van der Waals surface area contributed by atoms with Crippen molar-refractivity contribution in [2.75, 3.05) is 0 Å². The van der Waals surface area contributed by atoms with Crippen molar-refractivity contribution in [1.29, 1.82) is 0 Å². The SMILES string of the molecule is CC(C)CC(=O)NC(C(N)=NO)C1CCCCC1. The molecule has 18 heavy (non-hydrogen) atoms. The second kappa shape index (κ2) is 7.24. The van der Waals surface area contributed by atoms with Crippen LogP contribution in [0.2, 0.25) is 0 Å². The minimum atomic E-state index is -0.318. The number of nitrogens with one attached hydrogen (secondary N) is 1. The van der Waals surface area contributed by atoms with E-state index in [0.29, 0.717) is 18.3 Å². The fourth-order valence-electron chi connectivity index (χ4n) is 2.57. The Balaban J connectivity index is 2.63. The molecule has 0 heterocycles.